The number of aryl methyl sites for hydroxylation is 2. The summed E-state index contributed by atoms with van der Waals surface area (Å²) in [6.45, 7) is 6.89. The van der Waals surface area contributed by atoms with Crippen LogP contribution in [0.25, 0.3) is 0 Å². The summed E-state index contributed by atoms with van der Waals surface area (Å²) in [6, 6.07) is 1.52. The molecule has 21 heavy (non-hydrogen) atoms. The van der Waals surface area contributed by atoms with E-state index in [-0.39, 0.29) is 18.6 Å². The second kappa shape index (κ2) is 6.58. The Morgan fingerprint density at radius 3 is 2.67 bits per heavy atom. The maximum Gasteiger partial charge on any atom is 0.311 e. The zero-order valence-corrected chi connectivity index (χ0v) is 13.4. The Hall–Kier alpha value is -1.40. The van der Waals surface area contributed by atoms with Crippen LogP contribution in [-0.4, -0.2) is 47.7 Å². The Bertz CT molecular complexity index is 540. The predicted molar refractivity (Wildman–Crippen MR) is 80.9 cm³/mol. The van der Waals surface area contributed by atoms with Gasteiger partial charge in [0.1, 0.15) is 5.92 Å². The number of hydrogen-bond acceptors (Lipinski definition) is 4. The highest BCUT2D eigenvalue weighted by molar-refractivity contribution is 7.14. The van der Waals surface area contributed by atoms with Crippen LogP contribution in [-0.2, 0) is 16.0 Å². The molecular formula is C15H21NO4S. The monoisotopic (exact) mass is 311 g/mol. The molecule has 0 aliphatic carbocycles. The number of carboxylic acids is 1. The van der Waals surface area contributed by atoms with Crippen molar-refractivity contribution in [1.29, 1.82) is 0 Å². The van der Waals surface area contributed by atoms with E-state index in [1.807, 2.05) is 19.9 Å². The summed E-state index contributed by atoms with van der Waals surface area (Å²) in [7, 11) is 0. The van der Waals surface area contributed by atoms with Crippen LogP contribution in [0.1, 0.15) is 34.0 Å². The van der Waals surface area contributed by atoms with Crippen molar-refractivity contribution in [2.75, 3.05) is 19.8 Å². The van der Waals surface area contributed by atoms with Crippen LogP contribution in [0, 0.1) is 12.8 Å². The molecule has 1 aliphatic heterocycles. The van der Waals surface area contributed by atoms with E-state index in [0.29, 0.717) is 18.0 Å². The standard InChI is InChI=1S/C15H21NO4S/c1-4-12-9(3)6-13(21-12)14(17)16(5-2)11-8-20-7-10(11)15(18)19/h6,10-11H,4-5,7-8H2,1-3H3,(H,18,19). The van der Waals surface area contributed by atoms with Crippen molar-refractivity contribution in [2.45, 2.75) is 33.2 Å². The summed E-state index contributed by atoms with van der Waals surface area (Å²) >= 11 is 1.50. The molecule has 5 nitrogen and oxygen atoms in total. The average Bonchev–Trinajstić information content (AvgIpc) is 3.06. The SMILES string of the molecule is CCc1sc(C(=O)N(CC)C2COCC2C(=O)O)cc1C. The molecule has 2 atom stereocenters. The summed E-state index contributed by atoms with van der Waals surface area (Å²) in [6.07, 6.45) is 0.903. The molecule has 0 spiro atoms. The van der Waals surface area contributed by atoms with Gasteiger partial charge in [-0.2, -0.15) is 0 Å². The minimum absolute atomic E-state index is 0.0907. The van der Waals surface area contributed by atoms with Crippen LogP contribution in [0.4, 0.5) is 0 Å². The number of nitrogens with zero attached hydrogens (tertiary/aromatic N) is 1. The van der Waals surface area contributed by atoms with E-state index in [1.54, 1.807) is 4.90 Å². The largest absolute Gasteiger partial charge is 0.481 e. The van der Waals surface area contributed by atoms with Gasteiger partial charge < -0.3 is 14.7 Å². The number of ether oxygens (including phenoxy) is 1. The molecule has 116 valence electrons. The highest BCUT2D eigenvalue weighted by atomic mass is 32.1. The first-order valence-corrected chi connectivity index (χ1v) is 8.02. The lowest BCUT2D eigenvalue weighted by Crippen LogP contribution is -2.46. The fraction of sp³-hybridized carbons (Fsp3) is 0.600. The van der Waals surface area contributed by atoms with Crippen LogP contribution >= 0.6 is 11.3 Å². The molecular weight excluding hydrogens is 290 g/mol. The molecule has 1 amide bonds. The Balaban J connectivity index is 2.23. The normalized spacial score (nSPS) is 21.5. The zero-order valence-electron chi connectivity index (χ0n) is 12.6. The number of aliphatic carboxylic acids is 1. The molecule has 0 aromatic carbocycles. The lowest BCUT2D eigenvalue weighted by molar-refractivity contribution is -0.142. The van der Waals surface area contributed by atoms with Crippen molar-refractivity contribution in [3.05, 3.63) is 21.4 Å². The average molecular weight is 311 g/mol. The molecule has 1 aliphatic rings. The highest BCUT2D eigenvalue weighted by Gasteiger charge is 2.40. The molecule has 1 saturated heterocycles. The van der Waals surface area contributed by atoms with Gasteiger partial charge in [-0.05, 0) is 31.9 Å². The number of thiophene rings is 1. The number of amides is 1. The van der Waals surface area contributed by atoms with Gasteiger partial charge in [0, 0.05) is 11.4 Å². The molecule has 0 saturated carbocycles. The minimum Gasteiger partial charge on any atom is -0.481 e. The second-order valence-corrected chi connectivity index (χ2v) is 6.35. The molecule has 2 unspecified atom stereocenters. The highest BCUT2D eigenvalue weighted by Crippen LogP contribution is 2.27. The van der Waals surface area contributed by atoms with E-state index >= 15 is 0 Å². The van der Waals surface area contributed by atoms with Crippen molar-refractivity contribution in [3.63, 3.8) is 0 Å². The third-order valence-electron chi connectivity index (χ3n) is 3.92. The first-order valence-electron chi connectivity index (χ1n) is 7.20. The van der Waals surface area contributed by atoms with Gasteiger partial charge in [-0.25, -0.2) is 0 Å². The van der Waals surface area contributed by atoms with Gasteiger partial charge in [0.2, 0.25) is 0 Å². The van der Waals surface area contributed by atoms with Gasteiger partial charge in [-0.15, -0.1) is 11.3 Å². The van der Waals surface area contributed by atoms with Crippen molar-refractivity contribution in [3.8, 4) is 0 Å². The number of likely N-dealkylation sites (N-methyl/N-ethyl adjacent to an activating group) is 1. The van der Waals surface area contributed by atoms with E-state index < -0.39 is 11.9 Å². The van der Waals surface area contributed by atoms with Crippen molar-refractivity contribution in [2.24, 2.45) is 5.92 Å². The molecule has 2 heterocycles. The van der Waals surface area contributed by atoms with Gasteiger partial charge >= 0.3 is 5.97 Å². The van der Waals surface area contributed by atoms with Crippen LogP contribution in [0.2, 0.25) is 0 Å². The number of carboxylic acid groups (broad SMARTS) is 1. The minimum atomic E-state index is -0.902. The fourth-order valence-electron chi connectivity index (χ4n) is 2.73. The number of carbonyl (C=O) groups is 2. The Kier molecular flexibility index (Phi) is 5.00. The maximum absolute atomic E-state index is 12.7. The van der Waals surface area contributed by atoms with Gasteiger partial charge in [0.25, 0.3) is 5.91 Å². The van der Waals surface area contributed by atoms with Crippen molar-refractivity contribution >= 4 is 23.2 Å². The molecule has 1 N–H and O–H groups in total. The van der Waals surface area contributed by atoms with E-state index in [9.17, 15) is 14.7 Å². The van der Waals surface area contributed by atoms with Crippen molar-refractivity contribution < 1.29 is 19.4 Å². The topological polar surface area (TPSA) is 66.8 Å². The first-order chi connectivity index (χ1) is 9.99. The Labute approximate surface area is 128 Å². The third-order valence-corrected chi connectivity index (χ3v) is 5.29. The second-order valence-electron chi connectivity index (χ2n) is 5.21. The summed E-state index contributed by atoms with van der Waals surface area (Å²) in [5, 5.41) is 9.25. The van der Waals surface area contributed by atoms with Gasteiger partial charge in [-0.1, -0.05) is 6.92 Å². The van der Waals surface area contributed by atoms with E-state index in [2.05, 4.69) is 6.92 Å². The zero-order chi connectivity index (χ0) is 15.6. The van der Waals surface area contributed by atoms with E-state index in [0.717, 1.165) is 12.0 Å². The van der Waals surface area contributed by atoms with Gasteiger partial charge in [0.15, 0.2) is 0 Å². The smallest absolute Gasteiger partial charge is 0.311 e. The fourth-order valence-corrected chi connectivity index (χ4v) is 3.80. The summed E-state index contributed by atoms with van der Waals surface area (Å²) in [5.74, 6) is -1.63. The third kappa shape index (κ3) is 3.11. The molecule has 1 fully saturated rings. The molecule has 0 bridgehead atoms. The first kappa shape index (κ1) is 16.0. The number of hydrogen-bond donors (Lipinski definition) is 1. The lowest BCUT2D eigenvalue weighted by Gasteiger charge is -2.28. The van der Waals surface area contributed by atoms with Crippen molar-refractivity contribution in [1.82, 2.24) is 4.90 Å². The molecule has 1 aromatic rings. The Morgan fingerprint density at radius 1 is 1.43 bits per heavy atom. The number of carbonyl (C=O) groups excluding carboxylic acids is 1. The summed E-state index contributed by atoms with van der Waals surface area (Å²) in [4.78, 5) is 27.5. The molecule has 6 heteroatoms. The summed E-state index contributed by atoms with van der Waals surface area (Å²) < 4.78 is 5.28. The van der Waals surface area contributed by atoms with Crippen LogP contribution in [0.5, 0.6) is 0 Å². The van der Waals surface area contributed by atoms with Crippen LogP contribution in [0.3, 0.4) is 0 Å². The Morgan fingerprint density at radius 2 is 2.14 bits per heavy atom. The predicted octanol–water partition coefficient (Wildman–Crippen LogP) is 2.18. The lowest BCUT2D eigenvalue weighted by atomic mass is 10.0. The molecule has 2 rings (SSSR count). The molecule has 1 aromatic heterocycles. The van der Waals surface area contributed by atoms with Crippen LogP contribution < -0.4 is 0 Å². The van der Waals surface area contributed by atoms with Crippen LogP contribution in [0.15, 0.2) is 6.07 Å². The maximum atomic E-state index is 12.7. The van der Waals surface area contributed by atoms with Gasteiger partial charge in [0.05, 0.1) is 24.1 Å². The van der Waals surface area contributed by atoms with E-state index in [1.165, 1.54) is 16.2 Å². The molecule has 0 radical (unpaired) electrons. The summed E-state index contributed by atoms with van der Waals surface area (Å²) in [5.41, 5.74) is 1.12. The quantitative estimate of drug-likeness (QED) is 0.905. The van der Waals surface area contributed by atoms with E-state index in [4.69, 9.17) is 4.74 Å². The number of rotatable bonds is 5. The van der Waals surface area contributed by atoms with Gasteiger partial charge in [-0.3, -0.25) is 9.59 Å².